The lowest BCUT2D eigenvalue weighted by molar-refractivity contribution is -0.122. The van der Waals surface area contributed by atoms with Gasteiger partial charge in [0.2, 0.25) is 12.2 Å². The Hall–Kier alpha value is -1.12. The molecule has 1 unspecified atom stereocenters. The molecule has 1 aromatic rings. The van der Waals surface area contributed by atoms with E-state index in [2.05, 4.69) is 42.9 Å². The van der Waals surface area contributed by atoms with E-state index in [-0.39, 0.29) is 36.0 Å². The van der Waals surface area contributed by atoms with E-state index in [4.69, 9.17) is 4.42 Å². The first-order valence-corrected chi connectivity index (χ1v) is 11.4. The van der Waals surface area contributed by atoms with Crippen LogP contribution < -0.4 is 0 Å². The van der Waals surface area contributed by atoms with Crippen molar-refractivity contribution in [2.45, 2.75) is 76.6 Å². The maximum absolute atomic E-state index is 13.2. The van der Waals surface area contributed by atoms with Crippen LogP contribution in [-0.2, 0) is 4.79 Å². The van der Waals surface area contributed by atoms with Gasteiger partial charge in [0.25, 0.3) is 11.1 Å². The molecule has 0 N–H and O–H groups in total. The third kappa shape index (κ3) is 7.90. The van der Waals surface area contributed by atoms with Crippen molar-refractivity contribution in [1.29, 1.82) is 0 Å². The van der Waals surface area contributed by atoms with Crippen molar-refractivity contribution in [3.05, 3.63) is 5.89 Å². The van der Waals surface area contributed by atoms with Crippen LogP contribution in [0.2, 0.25) is 0 Å². The number of Topliss-reactive ketones (excluding diaryl/α,β-unsaturated/α-hetero) is 1. The lowest BCUT2D eigenvalue weighted by atomic mass is 9.91. The van der Waals surface area contributed by atoms with E-state index in [1.165, 1.54) is 18.2 Å². The summed E-state index contributed by atoms with van der Waals surface area (Å²) in [6, 6.07) is -0.412. The lowest BCUT2D eigenvalue weighted by Gasteiger charge is -2.36. The SMILES string of the molecule is CCN(C)CCSc1nnc(C(=O)C(CC(C)C)N(C=O)C2CCCCC2)o1.Cl. The molecule has 0 radical (unpaired) electrons. The topological polar surface area (TPSA) is 79.5 Å². The second-order valence-corrected chi connectivity index (χ2v) is 9.02. The zero-order valence-electron chi connectivity index (χ0n) is 18.0. The van der Waals surface area contributed by atoms with Crippen LogP contribution in [0.3, 0.4) is 0 Å². The van der Waals surface area contributed by atoms with Crippen molar-refractivity contribution in [1.82, 2.24) is 20.0 Å². The molecule has 1 heterocycles. The number of hydrogen-bond donors (Lipinski definition) is 0. The summed E-state index contributed by atoms with van der Waals surface area (Å²) in [7, 11) is 2.05. The van der Waals surface area contributed by atoms with Crippen LogP contribution in [-0.4, -0.2) is 70.2 Å². The van der Waals surface area contributed by atoms with Gasteiger partial charge in [0, 0.05) is 18.3 Å². The molecule has 166 valence electrons. The Morgan fingerprint density at radius 3 is 2.55 bits per heavy atom. The number of carbonyl (C=O) groups is 2. The van der Waals surface area contributed by atoms with Crippen LogP contribution in [0.4, 0.5) is 0 Å². The molecule has 9 heteroatoms. The number of nitrogens with zero attached hydrogens (tertiary/aromatic N) is 4. The summed E-state index contributed by atoms with van der Waals surface area (Å²) < 4.78 is 5.64. The van der Waals surface area contributed by atoms with Gasteiger partial charge in [-0.15, -0.1) is 22.6 Å². The number of ketones is 1. The van der Waals surface area contributed by atoms with E-state index in [1.54, 1.807) is 4.90 Å². The van der Waals surface area contributed by atoms with E-state index in [0.717, 1.165) is 50.9 Å². The summed E-state index contributed by atoms with van der Waals surface area (Å²) in [6.07, 6.45) is 6.75. The van der Waals surface area contributed by atoms with E-state index in [0.29, 0.717) is 11.6 Å². The Morgan fingerprint density at radius 2 is 1.97 bits per heavy atom. The number of aromatic nitrogens is 2. The molecule has 1 fully saturated rings. The van der Waals surface area contributed by atoms with Crippen molar-refractivity contribution >= 4 is 36.4 Å². The van der Waals surface area contributed by atoms with Gasteiger partial charge >= 0.3 is 0 Å². The third-order valence-corrected chi connectivity index (χ3v) is 6.13. The van der Waals surface area contributed by atoms with E-state index in [1.807, 2.05) is 0 Å². The zero-order chi connectivity index (χ0) is 20.5. The van der Waals surface area contributed by atoms with Gasteiger partial charge in [0.1, 0.15) is 6.04 Å². The molecule has 0 bridgehead atoms. The Kier molecular flexibility index (Phi) is 11.8. The predicted molar refractivity (Wildman–Crippen MR) is 118 cm³/mol. The molecule has 0 aliphatic heterocycles. The normalized spacial score (nSPS) is 15.9. The Labute approximate surface area is 184 Å². The second-order valence-electron chi connectivity index (χ2n) is 7.97. The minimum Gasteiger partial charge on any atom is -0.408 e. The number of halogens is 1. The smallest absolute Gasteiger partial charge is 0.286 e. The van der Waals surface area contributed by atoms with Crippen molar-refractivity contribution in [2.75, 3.05) is 25.9 Å². The fourth-order valence-electron chi connectivity index (χ4n) is 3.56. The fraction of sp³-hybridized carbons (Fsp3) is 0.800. The van der Waals surface area contributed by atoms with Gasteiger partial charge in [-0.05, 0) is 38.8 Å². The first-order valence-electron chi connectivity index (χ1n) is 10.4. The molecule has 1 saturated carbocycles. The molecular formula is C20H35ClN4O3S. The van der Waals surface area contributed by atoms with E-state index in [9.17, 15) is 9.59 Å². The number of amides is 1. The molecule has 0 spiro atoms. The second kappa shape index (κ2) is 13.2. The zero-order valence-corrected chi connectivity index (χ0v) is 19.6. The van der Waals surface area contributed by atoms with Gasteiger partial charge in [-0.25, -0.2) is 0 Å². The number of rotatable bonds is 12. The van der Waals surface area contributed by atoms with Gasteiger partial charge in [-0.1, -0.05) is 51.8 Å². The highest BCUT2D eigenvalue weighted by Crippen LogP contribution is 2.27. The molecule has 0 aromatic carbocycles. The molecule has 1 aliphatic carbocycles. The van der Waals surface area contributed by atoms with Crippen molar-refractivity contribution in [2.24, 2.45) is 5.92 Å². The summed E-state index contributed by atoms with van der Waals surface area (Å²) >= 11 is 1.45. The van der Waals surface area contributed by atoms with Crippen molar-refractivity contribution < 1.29 is 14.0 Å². The highest BCUT2D eigenvalue weighted by atomic mass is 35.5. The third-order valence-electron chi connectivity index (χ3n) is 5.33. The van der Waals surface area contributed by atoms with Gasteiger partial charge < -0.3 is 14.2 Å². The van der Waals surface area contributed by atoms with Crippen LogP contribution in [0.5, 0.6) is 0 Å². The van der Waals surface area contributed by atoms with Gasteiger partial charge in [-0.2, -0.15) is 0 Å². The Bertz CT molecular complexity index is 623. The van der Waals surface area contributed by atoms with Crippen LogP contribution in [0.15, 0.2) is 9.64 Å². The maximum Gasteiger partial charge on any atom is 0.286 e. The molecule has 1 atom stereocenters. The van der Waals surface area contributed by atoms with Gasteiger partial charge in [-0.3, -0.25) is 9.59 Å². The first-order chi connectivity index (χ1) is 13.5. The maximum atomic E-state index is 13.2. The van der Waals surface area contributed by atoms with Crippen LogP contribution in [0.1, 0.15) is 70.0 Å². The predicted octanol–water partition coefficient (Wildman–Crippen LogP) is 3.92. The average molecular weight is 447 g/mol. The number of thioether (sulfide) groups is 1. The molecule has 2 rings (SSSR count). The quantitative estimate of drug-likeness (QED) is 0.273. The number of hydrogen-bond acceptors (Lipinski definition) is 7. The van der Waals surface area contributed by atoms with Crippen LogP contribution in [0.25, 0.3) is 0 Å². The summed E-state index contributed by atoms with van der Waals surface area (Å²) in [5.74, 6) is 0.871. The average Bonchev–Trinajstić information content (AvgIpc) is 3.16. The lowest BCUT2D eigenvalue weighted by Crippen LogP contribution is -2.48. The Morgan fingerprint density at radius 1 is 1.28 bits per heavy atom. The molecule has 1 aliphatic rings. The summed E-state index contributed by atoms with van der Waals surface area (Å²) in [5, 5.41) is 8.41. The van der Waals surface area contributed by atoms with E-state index < -0.39 is 6.04 Å². The largest absolute Gasteiger partial charge is 0.408 e. The molecule has 0 saturated heterocycles. The molecular weight excluding hydrogens is 412 g/mol. The molecule has 29 heavy (non-hydrogen) atoms. The number of carbonyl (C=O) groups excluding carboxylic acids is 2. The van der Waals surface area contributed by atoms with Crippen molar-refractivity contribution in [3.8, 4) is 0 Å². The minimum atomic E-state index is -0.537. The highest BCUT2D eigenvalue weighted by molar-refractivity contribution is 7.99. The minimum absolute atomic E-state index is 0. The van der Waals surface area contributed by atoms with Gasteiger partial charge in [0.05, 0.1) is 0 Å². The Balaban J connectivity index is 0.00000420. The van der Waals surface area contributed by atoms with E-state index >= 15 is 0 Å². The summed E-state index contributed by atoms with van der Waals surface area (Å²) in [4.78, 5) is 29.0. The van der Waals surface area contributed by atoms with Crippen molar-refractivity contribution in [3.63, 3.8) is 0 Å². The monoisotopic (exact) mass is 446 g/mol. The molecule has 7 nitrogen and oxygen atoms in total. The summed E-state index contributed by atoms with van der Waals surface area (Å²) in [5.41, 5.74) is 0. The first kappa shape index (κ1) is 25.9. The fourth-order valence-corrected chi connectivity index (χ4v) is 4.37. The molecule has 1 amide bonds. The summed E-state index contributed by atoms with van der Waals surface area (Å²) in [6.45, 7) is 8.11. The van der Waals surface area contributed by atoms with Crippen LogP contribution >= 0.6 is 24.2 Å². The standard InChI is InChI=1S/C20H34N4O3S.ClH/c1-5-23(4)11-12-28-20-22-21-19(27-20)18(26)17(13-15(2)3)24(14-25)16-9-7-6-8-10-16;/h14-17H,5-13H2,1-4H3;1H. The van der Waals surface area contributed by atoms with Gasteiger partial charge in [0.15, 0.2) is 0 Å². The molecule has 1 aromatic heterocycles. The highest BCUT2D eigenvalue weighted by Gasteiger charge is 2.35. The van der Waals surface area contributed by atoms with Crippen LogP contribution in [0, 0.1) is 5.92 Å².